The predicted molar refractivity (Wildman–Crippen MR) is 70.1 cm³/mol. The Hall–Kier alpha value is -1.69. The summed E-state index contributed by atoms with van der Waals surface area (Å²) in [7, 11) is 0. The maximum atomic E-state index is 6.11. The van der Waals surface area contributed by atoms with Gasteiger partial charge in [0.25, 0.3) is 0 Å². The number of anilines is 1. The summed E-state index contributed by atoms with van der Waals surface area (Å²) in [5.41, 5.74) is 0. The number of fused-ring (bicyclic) bond motifs is 1. The van der Waals surface area contributed by atoms with Crippen LogP contribution >= 0.6 is 11.6 Å². The third kappa shape index (κ3) is 2.06. The lowest BCUT2D eigenvalue weighted by molar-refractivity contribution is 0.555. The van der Waals surface area contributed by atoms with Crippen molar-refractivity contribution in [2.24, 2.45) is 0 Å². The van der Waals surface area contributed by atoms with Crippen LogP contribution in [0.3, 0.4) is 0 Å². The molecule has 0 bridgehead atoms. The Morgan fingerprint density at radius 2 is 2.11 bits per heavy atom. The monoisotopic (exact) mass is 276 g/mol. The van der Waals surface area contributed by atoms with Crippen molar-refractivity contribution in [1.82, 2.24) is 24.7 Å². The highest BCUT2D eigenvalue weighted by Crippen LogP contribution is 2.39. The third-order valence-electron chi connectivity index (χ3n) is 3.60. The van der Waals surface area contributed by atoms with E-state index in [9.17, 15) is 0 Å². The number of hydrogen-bond donors (Lipinski definition) is 0. The van der Waals surface area contributed by atoms with Crippen molar-refractivity contribution < 1.29 is 0 Å². The molecule has 0 saturated heterocycles. The van der Waals surface area contributed by atoms with Gasteiger partial charge in [-0.3, -0.25) is 0 Å². The molecular formula is C12H13ClN6. The van der Waals surface area contributed by atoms with Gasteiger partial charge in [-0.25, -0.2) is 9.97 Å². The fraction of sp³-hybridized carbons (Fsp3) is 0.500. The molecule has 0 aromatic carbocycles. The molecule has 7 heteroatoms. The van der Waals surface area contributed by atoms with Gasteiger partial charge < -0.3 is 9.47 Å². The molecule has 1 fully saturated rings. The van der Waals surface area contributed by atoms with Crippen molar-refractivity contribution in [3.8, 4) is 0 Å². The van der Waals surface area contributed by atoms with Gasteiger partial charge in [0, 0.05) is 25.1 Å². The molecule has 2 aromatic heterocycles. The molecule has 1 saturated carbocycles. The van der Waals surface area contributed by atoms with Crippen molar-refractivity contribution in [2.45, 2.75) is 31.8 Å². The molecule has 0 atom stereocenters. The minimum atomic E-state index is 0.505. The highest BCUT2D eigenvalue weighted by atomic mass is 35.5. The molecule has 2 aliphatic rings. The molecule has 4 rings (SSSR count). The smallest absolute Gasteiger partial charge is 0.152 e. The van der Waals surface area contributed by atoms with E-state index in [1.807, 2.05) is 6.07 Å². The van der Waals surface area contributed by atoms with Crippen molar-refractivity contribution in [2.75, 3.05) is 11.4 Å². The van der Waals surface area contributed by atoms with Crippen LogP contribution in [0.4, 0.5) is 5.82 Å². The van der Waals surface area contributed by atoms with E-state index in [0.717, 1.165) is 37.1 Å². The van der Waals surface area contributed by atoms with E-state index < -0.39 is 0 Å². The maximum Gasteiger partial charge on any atom is 0.152 e. The molecule has 6 nitrogen and oxygen atoms in total. The molecule has 3 heterocycles. The number of aromatic nitrogens is 5. The Bertz CT molecular complexity index is 620. The fourth-order valence-corrected chi connectivity index (χ4v) is 2.56. The summed E-state index contributed by atoms with van der Waals surface area (Å²) in [6.07, 6.45) is 4.12. The largest absolute Gasteiger partial charge is 0.347 e. The Kier molecular flexibility index (Phi) is 2.44. The van der Waals surface area contributed by atoms with Crippen molar-refractivity contribution in [3.05, 3.63) is 29.2 Å². The highest BCUT2D eigenvalue weighted by molar-refractivity contribution is 6.29. The average Bonchev–Trinajstić information content (AvgIpc) is 3.16. The highest BCUT2D eigenvalue weighted by Gasteiger charge is 2.28. The van der Waals surface area contributed by atoms with Gasteiger partial charge in [0.15, 0.2) is 5.82 Å². The first-order valence-corrected chi connectivity index (χ1v) is 6.83. The molecular weight excluding hydrogens is 264 g/mol. The Morgan fingerprint density at radius 1 is 1.21 bits per heavy atom. The van der Waals surface area contributed by atoms with Crippen LogP contribution in [0, 0.1) is 0 Å². The van der Waals surface area contributed by atoms with Gasteiger partial charge in [-0.05, 0) is 12.8 Å². The van der Waals surface area contributed by atoms with Gasteiger partial charge in [0.1, 0.15) is 23.1 Å². The van der Waals surface area contributed by atoms with Crippen LogP contribution in [-0.4, -0.2) is 31.3 Å². The first-order chi connectivity index (χ1) is 9.29. The Balaban J connectivity index is 1.66. The van der Waals surface area contributed by atoms with Crippen molar-refractivity contribution in [1.29, 1.82) is 0 Å². The van der Waals surface area contributed by atoms with Gasteiger partial charge in [-0.15, -0.1) is 10.2 Å². The van der Waals surface area contributed by atoms with Crippen molar-refractivity contribution >= 4 is 17.4 Å². The molecule has 1 aliphatic carbocycles. The van der Waals surface area contributed by atoms with E-state index in [-0.39, 0.29) is 0 Å². The molecule has 2 aromatic rings. The summed E-state index contributed by atoms with van der Waals surface area (Å²) < 4.78 is 2.07. The zero-order valence-electron chi connectivity index (χ0n) is 10.3. The van der Waals surface area contributed by atoms with Crippen LogP contribution in [0.25, 0.3) is 0 Å². The van der Waals surface area contributed by atoms with Crippen LogP contribution in [0.1, 0.15) is 30.4 Å². The zero-order valence-corrected chi connectivity index (χ0v) is 11.1. The van der Waals surface area contributed by atoms with Crippen LogP contribution in [-0.2, 0) is 13.1 Å². The first-order valence-electron chi connectivity index (χ1n) is 6.46. The van der Waals surface area contributed by atoms with E-state index >= 15 is 0 Å². The van der Waals surface area contributed by atoms with Crippen LogP contribution in [0.15, 0.2) is 12.4 Å². The first kappa shape index (κ1) is 11.2. The average molecular weight is 277 g/mol. The van der Waals surface area contributed by atoms with E-state index in [4.69, 9.17) is 11.6 Å². The quantitative estimate of drug-likeness (QED) is 0.780. The fourth-order valence-electron chi connectivity index (χ4n) is 2.37. The van der Waals surface area contributed by atoms with E-state index in [1.165, 1.54) is 12.8 Å². The second kappa shape index (κ2) is 4.16. The third-order valence-corrected chi connectivity index (χ3v) is 3.80. The second-order valence-electron chi connectivity index (χ2n) is 5.04. The summed E-state index contributed by atoms with van der Waals surface area (Å²) in [5, 5.41) is 8.58. The molecule has 19 heavy (non-hydrogen) atoms. The molecule has 0 amide bonds. The second-order valence-corrected chi connectivity index (χ2v) is 5.43. The van der Waals surface area contributed by atoms with Crippen LogP contribution < -0.4 is 4.90 Å². The lowest BCUT2D eigenvalue weighted by Gasteiger charge is -2.28. The van der Waals surface area contributed by atoms with Gasteiger partial charge in [-0.1, -0.05) is 11.6 Å². The SMILES string of the molecule is Clc1cc(N2CCn3cnnc3C2)nc(C2CC2)n1. The van der Waals surface area contributed by atoms with E-state index in [2.05, 4.69) is 29.6 Å². The minimum Gasteiger partial charge on any atom is -0.347 e. The molecule has 98 valence electrons. The summed E-state index contributed by atoms with van der Waals surface area (Å²) in [5.74, 6) is 3.26. The van der Waals surface area contributed by atoms with Crippen LogP contribution in [0.5, 0.6) is 0 Å². The molecule has 1 aliphatic heterocycles. The summed E-state index contributed by atoms with van der Waals surface area (Å²) in [6.45, 7) is 2.49. The van der Waals surface area contributed by atoms with Gasteiger partial charge >= 0.3 is 0 Å². The summed E-state index contributed by atoms with van der Waals surface area (Å²) in [6, 6.07) is 1.83. The minimum absolute atomic E-state index is 0.505. The molecule has 0 spiro atoms. The van der Waals surface area contributed by atoms with Gasteiger partial charge in [0.2, 0.25) is 0 Å². The number of nitrogens with zero attached hydrogens (tertiary/aromatic N) is 6. The number of hydrogen-bond acceptors (Lipinski definition) is 5. The van der Waals surface area contributed by atoms with E-state index in [1.54, 1.807) is 6.33 Å². The van der Waals surface area contributed by atoms with Crippen LogP contribution in [0.2, 0.25) is 5.15 Å². The molecule has 0 radical (unpaired) electrons. The number of rotatable bonds is 2. The topological polar surface area (TPSA) is 59.7 Å². The summed E-state index contributed by atoms with van der Waals surface area (Å²) >= 11 is 6.11. The molecule has 0 N–H and O–H groups in total. The molecule has 0 unspecified atom stereocenters. The predicted octanol–water partition coefficient (Wildman–Crippen LogP) is 1.62. The van der Waals surface area contributed by atoms with E-state index in [0.29, 0.717) is 11.1 Å². The number of halogens is 1. The normalized spacial score (nSPS) is 18.5. The maximum absolute atomic E-state index is 6.11. The van der Waals surface area contributed by atoms with Crippen molar-refractivity contribution in [3.63, 3.8) is 0 Å². The Morgan fingerprint density at radius 3 is 2.95 bits per heavy atom. The zero-order chi connectivity index (χ0) is 12.8. The van der Waals surface area contributed by atoms with Gasteiger partial charge in [-0.2, -0.15) is 0 Å². The standard InChI is InChI=1S/C12H13ClN6/c13-9-5-10(16-12(15-9)8-1-2-8)18-3-4-19-7-14-17-11(19)6-18/h5,7-8H,1-4,6H2. The van der Waals surface area contributed by atoms with Gasteiger partial charge in [0.05, 0.1) is 6.54 Å². The summed E-state index contributed by atoms with van der Waals surface area (Å²) in [4.78, 5) is 11.2. The lowest BCUT2D eigenvalue weighted by atomic mass is 10.3. The lowest BCUT2D eigenvalue weighted by Crippen LogP contribution is -2.34. The Labute approximate surface area is 115 Å².